The molecule has 1 aromatic carbocycles. The Bertz CT molecular complexity index is 591. The smallest absolute Gasteiger partial charge is 0.363 e. The third-order valence-electron chi connectivity index (χ3n) is 4.70. The summed E-state index contributed by atoms with van der Waals surface area (Å²) >= 11 is 0. The van der Waals surface area contributed by atoms with Crippen LogP contribution in [0.4, 0.5) is 17.1 Å². The van der Waals surface area contributed by atoms with E-state index in [2.05, 4.69) is 47.6 Å². The van der Waals surface area contributed by atoms with Crippen molar-refractivity contribution >= 4 is 30.8 Å². The molecule has 0 saturated carbocycles. The van der Waals surface area contributed by atoms with E-state index in [9.17, 15) is 4.57 Å². The zero-order valence-electron chi connectivity index (χ0n) is 12.3. The number of hydrogen-bond acceptors (Lipinski definition) is 4. The minimum absolute atomic E-state index is 0.372. The number of nitrogens with zero attached hydrogens (tertiary/aromatic N) is 3. The summed E-state index contributed by atoms with van der Waals surface area (Å²) in [4.78, 5) is 7.28. The standard InChI is InChI=1S/C15H20N3OP/c1-9-6-16(9)12-4-5-13(20-19)15(18-8-11(18)3)14(12)17-7-10(17)2/h4-5,9-11H,6-8H2,1-3H3/p+1. The zero-order chi connectivity index (χ0) is 14.0. The van der Waals surface area contributed by atoms with Crippen LogP contribution in [0.2, 0.25) is 0 Å². The molecule has 3 heterocycles. The summed E-state index contributed by atoms with van der Waals surface area (Å²) in [7, 11) is -0.372. The quantitative estimate of drug-likeness (QED) is 0.625. The lowest BCUT2D eigenvalue weighted by molar-refractivity contribution is 0.603. The van der Waals surface area contributed by atoms with Gasteiger partial charge in [-0.15, -0.1) is 0 Å². The normalized spacial score (nSPS) is 30.9. The van der Waals surface area contributed by atoms with Crippen LogP contribution < -0.4 is 20.0 Å². The van der Waals surface area contributed by atoms with Gasteiger partial charge in [-0.05, 0) is 32.9 Å². The van der Waals surface area contributed by atoms with E-state index in [0.717, 1.165) is 24.9 Å². The van der Waals surface area contributed by atoms with Crippen LogP contribution in [-0.4, -0.2) is 37.8 Å². The van der Waals surface area contributed by atoms with E-state index < -0.39 is 0 Å². The van der Waals surface area contributed by atoms with Crippen LogP contribution in [0.5, 0.6) is 0 Å². The van der Waals surface area contributed by atoms with Crippen molar-refractivity contribution in [2.45, 2.75) is 38.9 Å². The molecule has 5 heteroatoms. The molecule has 0 spiro atoms. The topological polar surface area (TPSA) is 26.1 Å². The van der Waals surface area contributed by atoms with E-state index in [1.165, 1.54) is 17.1 Å². The fourth-order valence-corrected chi connectivity index (χ4v) is 3.64. The van der Waals surface area contributed by atoms with E-state index in [-0.39, 0.29) is 8.46 Å². The average molecular weight is 290 g/mol. The molecule has 0 N–H and O–H groups in total. The van der Waals surface area contributed by atoms with Crippen LogP contribution in [0.1, 0.15) is 20.8 Å². The van der Waals surface area contributed by atoms with Crippen molar-refractivity contribution in [2.75, 3.05) is 34.3 Å². The van der Waals surface area contributed by atoms with E-state index in [0.29, 0.717) is 18.1 Å². The SMILES string of the molecule is CC1CN1c1ccc([PH+]=O)c(N2CC2C)c1N1CC1C. The van der Waals surface area contributed by atoms with Crippen molar-refractivity contribution < 1.29 is 4.57 Å². The minimum Gasteiger partial charge on any atom is -0.363 e. The second kappa shape index (κ2) is 4.11. The van der Waals surface area contributed by atoms with Gasteiger partial charge in [0.25, 0.3) is 0 Å². The molecule has 0 aliphatic carbocycles. The molecule has 3 aliphatic rings. The molecule has 0 radical (unpaired) electrons. The monoisotopic (exact) mass is 290 g/mol. The first-order valence-electron chi connectivity index (χ1n) is 7.47. The maximum atomic E-state index is 11.6. The minimum atomic E-state index is -0.372. The second-order valence-electron chi connectivity index (χ2n) is 6.44. The average Bonchev–Trinajstić information content (AvgIpc) is 3.33. The van der Waals surface area contributed by atoms with Crippen molar-refractivity contribution in [3.05, 3.63) is 12.1 Å². The predicted octanol–water partition coefficient (Wildman–Crippen LogP) is 1.96. The molecule has 20 heavy (non-hydrogen) atoms. The molecule has 4 rings (SSSR count). The van der Waals surface area contributed by atoms with Crippen molar-refractivity contribution in [3.8, 4) is 0 Å². The number of hydrogen-bond donors (Lipinski definition) is 0. The van der Waals surface area contributed by atoms with Gasteiger partial charge < -0.3 is 14.7 Å². The van der Waals surface area contributed by atoms with Crippen LogP contribution in [0, 0.1) is 0 Å². The summed E-state index contributed by atoms with van der Waals surface area (Å²) in [5, 5.41) is 0.988. The van der Waals surface area contributed by atoms with E-state index in [1.54, 1.807) is 0 Å². The molecule has 0 aromatic heterocycles. The fourth-order valence-electron chi connectivity index (χ4n) is 3.13. The molecule has 106 valence electrons. The molecule has 0 amide bonds. The van der Waals surface area contributed by atoms with Crippen molar-refractivity contribution in [1.82, 2.24) is 0 Å². The Kier molecular flexibility index (Phi) is 2.56. The molecule has 3 saturated heterocycles. The highest BCUT2D eigenvalue weighted by Gasteiger charge is 2.44. The van der Waals surface area contributed by atoms with Gasteiger partial charge in [0, 0.05) is 37.8 Å². The van der Waals surface area contributed by atoms with Gasteiger partial charge in [0.2, 0.25) is 5.30 Å². The Labute approximate surface area is 121 Å². The van der Waals surface area contributed by atoms with Crippen LogP contribution in [0.15, 0.2) is 12.1 Å². The number of rotatable bonds is 4. The highest BCUT2D eigenvalue weighted by atomic mass is 31.1. The van der Waals surface area contributed by atoms with Crippen molar-refractivity contribution in [3.63, 3.8) is 0 Å². The third kappa shape index (κ3) is 1.81. The van der Waals surface area contributed by atoms with Crippen molar-refractivity contribution in [1.29, 1.82) is 0 Å². The van der Waals surface area contributed by atoms with E-state index in [1.807, 2.05) is 0 Å². The van der Waals surface area contributed by atoms with Gasteiger partial charge in [-0.2, -0.15) is 0 Å². The fraction of sp³-hybridized carbons (Fsp3) is 0.600. The lowest BCUT2D eigenvalue weighted by Crippen LogP contribution is -2.14. The highest BCUT2D eigenvalue weighted by molar-refractivity contribution is 7.34. The summed E-state index contributed by atoms with van der Waals surface area (Å²) in [5.74, 6) is 0. The summed E-state index contributed by atoms with van der Waals surface area (Å²) in [6.07, 6.45) is 0. The van der Waals surface area contributed by atoms with Gasteiger partial charge in [-0.25, -0.2) is 0 Å². The van der Waals surface area contributed by atoms with Gasteiger partial charge in [-0.1, -0.05) is 4.57 Å². The maximum absolute atomic E-state index is 11.6. The zero-order valence-corrected chi connectivity index (χ0v) is 13.3. The lowest BCUT2D eigenvalue weighted by atomic mass is 10.2. The molecular formula is C15H21N3OP+. The summed E-state index contributed by atoms with van der Waals surface area (Å²) in [6, 6.07) is 6.07. The van der Waals surface area contributed by atoms with Crippen LogP contribution >= 0.6 is 8.46 Å². The number of benzene rings is 1. The molecule has 3 aliphatic heterocycles. The predicted molar refractivity (Wildman–Crippen MR) is 85.5 cm³/mol. The third-order valence-corrected chi connectivity index (χ3v) is 5.33. The first kappa shape index (κ1) is 12.5. The first-order chi connectivity index (χ1) is 9.61. The van der Waals surface area contributed by atoms with Gasteiger partial charge in [-0.3, -0.25) is 0 Å². The largest absolute Gasteiger partial charge is 0.365 e. The Morgan fingerprint density at radius 1 is 0.900 bits per heavy atom. The van der Waals surface area contributed by atoms with Crippen LogP contribution in [0.3, 0.4) is 0 Å². The molecular weight excluding hydrogens is 269 g/mol. The summed E-state index contributed by atoms with van der Waals surface area (Å²) in [5.41, 5.74) is 3.89. The number of anilines is 3. The Balaban J connectivity index is 1.86. The molecule has 0 bridgehead atoms. The van der Waals surface area contributed by atoms with Gasteiger partial charge in [0.15, 0.2) is 0 Å². The summed E-state index contributed by atoms with van der Waals surface area (Å²) < 4.78 is 11.6. The van der Waals surface area contributed by atoms with E-state index >= 15 is 0 Å². The van der Waals surface area contributed by atoms with Gasteiger partial charge in [0.05, 0.1) is 11.4 Å². The van der Waals surface area contributed by atoms with Crippen LogP contribution in [-0.2, 0) is 4.57 Å². The molecule has 1 aromatic rings. The Morgan fingerprint density at radius 3 is 1.85 bits per heavy atom. The molecule has 4 unspecified atom stereocenters. The highest BCUT2D eigenvalue weighted by Crippen LogP contribution is 2.49. The van der Waals surface area contributed by atoms with Gasteiger partial charge >= 0.3 is 8.46 Å². The van der Waals surface area contributed by atoms with Gasteiger partial charge in [0.1, 0.15) is 5.69 Å². The Morgan fingerprint density at radius 2 is 1.40 bits per heavy atom. The van der Waals surface area contributed by atoms with Crippen LogP contribution in [0.25, 0.3) is 0 Å². The van der Waals surface area contributed by atoms with Crippen molar-refractivity contribution in [2.24, 2.45) is 0 Å². The first-order valence-corrected chi connectivity index (χ1v) is 8.37. The lowest BCUT2D eigenvalue weighted by Gasteiger charge is -2.19. The van der Waals surface area contributed by atoms with E-state index in [4.69, 9.17) is 0 Å². The molecule has 4 atom stereocenters. The second-order valence-corrected chi connectivity index (χ2v) is 7.18. The summed E-state index contributed by atoms with van der Waals surface area (Å²) in [6.45, 7) is 10.1. The maximum Gasteiger partial charge on any atom is 0.365 e. The molecule has 3 fully saturated rings. The Hall–Kier alpha value is -1.28. The molecule has 4 nitrogen and oxygen atoms in total.